The Bertz CT molecular complexity index is 660. The number of halogens is 1. The van der Waals surface area contributed by atoms with Crippen LogP contribution in [0.15, 0.2) is 18.2 Å². The molecule has 21 heavy (non-hydrogen) atoms. The van der Waals surface area contributed by atoms with Crippen molar-refractivity contribution < 1.29 is 4.79 Å². The van der Waals surface area contributed by atoms with Crippen molar-refractivity contribution >= 4 is 34.5 Å². The van der Waals surface area contributed by atoms with Crippen molar-refractivity contribution in [2.45, 2.75) is 26.3 Å². The number of aryl methyl sites for hydroxylation is 1. The summed E-state index contributed by atoms with van der Waals surface area (Å²) in [6, 6.07) is 5.48. The zero-order chi connectivity index (χ0) is 14.8. The van der Waals surface area contributed by atoms with E-state index in [1.165, 1.54) is 4.88 Å². The summed E-state index contributed by atoms with van der Waals surface area (Å²) in [6.45, 7) is 3.77. The van der Waals surface area contributed by atoms with Crippen molar-refractivity contribution in [3.8, 4) is 0 Å². The van der Waals surface area contributed by atoms with Crippen LogP contribution in [0.4, 0.5) is 5.69 Å². The Morgan fingerprint density at radius 2 is 2.38 bits per heavy atom. The number of carbonyl (C=O) groups excluding carboxylic acids is 1. The summed E-state index contributed by atoms with van der Waals surface area (Å²) < 4.78 is 0. The van der Waals surface area contributed by atoms with Crippen LogP contribution in [-0.4, -0.2) is 17.4 Å². The van der Waals surface area contributed by atoms with E-state index in [1.807, 2.05) is 19.1 Å². The predicted octanol–water partition coefficient (Wildman–Crippen LogP) is 2.93. The third-order valence-corrected chi connectivity index (χ3v) is 4.76. The smallest absolute Gasteiger partial charge is 0.231 e. The number of anilines is 1. The number of rotatable bonds is 3. The number of fused-ring (bicyclic) bond motifs is 1. The van der Waals surface area contributed by atoms with E-state index in [2.05, 4.69) is 15.6 Å². The van der Waals surface area contributed by atoms with Gasteiger partial charge in [-0.25, -0.2) is 4.98 Å². The topological polar surface area (TPSA) is 54.0 Å². The van der Waals surface area contributed by atoms with Crippen LogP contribution in [0, 0.1) is 6.92 Å². The minimum atomic E-state index is -0.0561. The Labute approximate surface area is 132 Å². The van der Waals surface area contributed by atoms with Crippen LogP contribution in [0.2, 0.25) is 5.02 Å². The molecule has 0 saturated heterocycles. The molecular formula is C15H16ClN3OS. The fourth-order valence-electron chi connectivity index (χ4n) is 2.32. The number of nitrogens with zero attached hydrogens (tertiary/aromatic N) is 1. The molecule has 0 unspecified atom stereocenters. The second-order valence-electron chi connectivity index (χ2n) is 5.09. The standard InChI is InChI=1S/C15H16ClN3OS/c1-9-2-3-10(16)6-12(9)18-14(20)7-15-19-11-4-5-17-8-13(11)21-15/h2-3,6,17H,4-5,7-8H2,1H3,(H,18,20). The van der Waals surface area contributed by atoms with Gasteiger partial charge < -0.3 is 10.6 Å². The quantitative estimate of drug-likeness (QED) is 0.914. The predicted molar refractivity (Wildman–Crippen MR) is 86.0 cm³/mol. The maximum Gasteiger partial charge on any atom is 0.231 e. The van der Waals surface area contributed by atoms with Crippen LogP contribution < -0.4 is 10.6 Å². The Balaban J connectivity index is 1.69. The fourth-order valence-corrected chi connectivity index (χ4v) is 3.57. The van der Waals surface area contributed by atoms with E-state index in [0.717, 1.165) is 41.5 Å². The number of carbonyl (C=O) groups is 1. The lowest BCUT2D eigenvalue weighted by molar-refractivity contribution is -0.115. The molecule has 2 heterocycles. The molecule has 1 aromatic carbocycles. The molecule has 3 rings (SSSR count). The summed E-state index contributed by atoms with van der Waals surface area (Å²) in [5, 5.41) is 7.72. The van der Waals surface area contributed by atoms with Gasteiger partial charge in [0.1, 0.15) is 5.01 Å². The van der Waals surface area contributed by atoms with Crippen molar-refractivity contribution in [1.29, 1.82) is 0 Å². The molecule has 0 spiro atoms. The van der Waals surface area contributed by atoms with Crippen molar-refractivity contribution in [2.75, 3.05) is 11.9 Å². The van der Waals surface area contributed by atoms with E-state index in [1.54, 1.807) is 17.4 Å². The molecule has 0 fully saturated rings. The number of benzene rings is 1. The Morgan fingerprint density at radius 3 is 3.19 bits per heavy atom. The van der Waals surface area contributed by atoms with E-state index in [9.17, 15) is 4.79 Å². The van der Waals surface area contributed by atoms with E-state index in [-0.39, 0.29) is 5.91 Å². The van der Waals surface area contributed by atoms with Crippen LogP contribution in [0.3, 0.4) is 0 Å². The summed E-state index contributed by atoms with van der Waals surface area (Å²) in [4.78, 5) is 18.0. The first-order chi connectivity index (χ1) is 10.1. The highest BCUT2D eigenvalue weighted by molar-refractivity contribution is 7.11. The number of hydrogen-bond donors (Lipinski definition) is 2. The minimum absolute atomic E-state index is 0.0561. The summed E-state index contributed by atoms with van der Waals surface area (Å²) >= 11 is 7.58. The largest absolute Gasteiger partial charge is 0.325 e. The van der Waals surface area contributed by atoms with Crippen LogP contribution >= 0.6 is 22.9 Å². The average molecular weight is 322 g/mol. The van der Waals surface area contributed by atoms with E-state index < -0.39 is 0 Å². The zero-order valence-electron chi connectivity index (χ0n) is 11.7. The van der Waals surface area contributed by atoms with Crippen molar-refractivity contribution in [3.05, 3.63) is 44.4 Å². The normalized spacial score (nSPS) is 13.8. The molecule has 0 radical (unpaired) electrons. The molecule has 6 heteroatoms. The third kappa shape index (κ3) is 3.43. The lowest BCUT2D eigenvalue weighted by Crippen LogP contribution is -2.22. The molecular weight excluding hydrogens is 306 g/mol. The molecule has 1 aliphatic heterocycles. The molecule has 1 aromatic heterocycles. The number of amides is 1. The van der Waals surface area contributed by atoms with Gasteiger partial charge in [0.25, 0.3) is 0 Å². The van der Waals surface area contributed by atoms with Gasteiger partial charge in [-0.05, 0) is 24.6 Å². The molecule has 2 aromatic rings. The summed E-state index contributed by atoms with van der Waals surface area (Å²) in [6.07, 6.45) is 1.25. The first-order valence-corrected chi connectivity index (χ1v) is 8.05. The first kappa shape index (κ1) is 14.5. The van der Waals surface area contributed by atoms with Crippen molar-refractivity contribution in [1.82, 2.24) is 10.3 Å². The number of hydrogen-bond acceptors (Lipinski definition) is 4. The Morgan fingerprint density at radius 1 is 1.52 bits per heavy atom. The van der Waals surface area contributed by atoms with Gasteiger partial charge in [-0.1, -0.05) is 17.7 Å². The van der Waals surface area contributed by atoms with Gasteiger partial charge in [0, 0.05) is 35.1 Å². The van der Waals surface area contributed by atoms with Crippen LogP contribution in [0.25, 0.3) is 0 Å². The maximum atomic E-state index is 12.2. The SMILES string of the molecule is Cc1ccc(Cl)cc1NC(=O)Cc1nc2c(s1)CNCC2. The zero-order valence-corrected chi connectivity index (χ0v) is 13.3. The molecule has 1 amide bonds. The Kier molecular flexibility index (Phi) is 4.24. The third-order valence-electron chi connectivity index (χ3n) is 3.43. The van der Waals surface area contributed by atoms with Gasteiger partial charge in [-0.15, -0.1) is 11.3 Å². The fraction of sp³-hybridized carbons (Fsp3) is 0.333. The Hall–Kier alpha value is -1.43. The van der Waals surface area contributed by atoms with E-state index >= 15 is 0 Å². The van der Waals surface area contributed by atoms with Gasteiger partial charge in [-0.3, -0.25) is 4.79 Å². The van der Waals surface area contributed by atoms with E-state index in [4.69, 9.17) is 11.6 Å². The molecule has 0 aliphatic carbocycles. The molecule has 2 N–H and O–H groups in total. The molecule has 1 aliphatic rings. The van der Waals surface area contributed by atoms with Crippen LogP contribution in [0.1, 0.15) is 21.1 Å². The lowest BCUT2D eigenvalue weighted by atomic mass is 10.2. The van der Waals surface area contributed by atoms with E-state index in [0.29, 0.717) is 11.4 Å². The summed E-state index contributed by atoms with van der Waals surface area (Å²) in [7, 11) is 0. The van der Waals surface area contributed by atoms with Crippen LogP contribution in [-0.2, 0) is 24.2 Å². The number of thiazole rings is 1. The molecule has 110 valence electrons. The molecule has 0 bridgehead atoms. The maximum absolute atomic E-state index is 12.2. The number of aromatic nitrogens is 1. The number of nitrogens with one attached hydrogen (secondary N) is 2. The molecule has 0 atom stereocenters. The van der Waals surface area contributed by atoms with Gasteiger partial charge >= 0.3 is 0 Å². The van der Waals surface area contributed by atoms with Gasteiger partial charge in [0.2, 0.25) is 5.91 Å². The monoisotopic (exact) mass is 321 g/mol. The van der Waals surface area contributed by atoms with Gasteiger partial charge in [0.05, 0.1) is 12.1 Å². The summed E-state index contributed by atoms with van der Waals surface area (Å²) in [5.41, 5.74) is 2.89. The second-order valence-corrected chi connectivity index (χ2v) is 6.69. The highest BCUT2D eigenvalue weighted by Gasteiger charge is 2.16. The average Bonchev–Trinajstić information content (AvgIpc) is 2.84. The summed E-state index contributed by atoms with van der Waals surface area (Å²) in [5.74, 6) is -0.0561. The van der Waals surface area contributed by atoms with Crippen molar-refractivity contribution in [3.63, 3.8) is 0 Å². The lowest BCUT2D eigenvalue weighted by Gasteiger charge is -2.09. The minimum Gasteiger partial charge on any atom is -0.325 e. The highest BCUT2D eigenvalue weighted by Crippen LogP contribution is 2.23. The molecule has 0 saturated carbocycles. The van der Waals surface area contributed by atoms with Crippen LogP contribution in [0.5, 0.6) is 0 Å². The first-order valence-electron chi connectivity index (χ1n) is 6.86. The van der Waals surface area contributed by atoms with Crippen molar-refractivity contribution in [2.24, 2.45) is 0 Å². The second kappa shape index (κ2) is 6.13. The van der Waals surface area contributed by atoms with Gasteiger partial charge in [-0.2, -0.15) is 0 Å². The molecule has 4 nitrogen and oxygen atoms in total. The van der Waals surface area contributed by atoms with Gasteiger partial charge in [0.15, 0.2) is 0 Å². The highest BCUT2D eigenvalue weighted by atomic mass is 35.5.